The average Bonchev–Trinajstić information content (AvgIpc) is 2.46. The molecule has 0 bridgehead atoms. The lowest BCUT2D eigenvalue weighted by molar-refractivity contribution is 0.754. The number of nitrogens with one attached hydrogen (secondary N) is 1. The highest BCUT2D eigenvalue weighted by Crippen LogP contribution is 2.29. The topological polar surface area (TPSA) is 15.8 Å². The summed E-state index contributed by atoms with van der Waals surface area (Å²) < 4.78 is 13.1. The van der Waals surface area contributed by atoms with Crippen molar-refractivity contribution in [2.24, 2.45) is 0 Å². The number of rotatable bonds is 3. The van der Waals surface area contributed by atoms with Gasteiger partial charge in [0.05, 0.1) is 0 Å². The van der Waals surface area contributed by atoms with Crippen molar-refractivity contribution in [1.29, 1.82) is 0 Å². The molecule has 0 saturated heterocycles. The van der Waals surface area contributed by atoms with Gasteiger partial charge in [0, 0.05) is 18.9 Å². The standard InChI is InChI=1S/C11H14FN.H2/c1-5-10-11(8(4)12)9(6-13-10)7(2)3;/h5-7,13H,1,4H2,2-3H3;1H. The van der Waals surface area contributed by atoms with Crippen molar-refractivity contribution in [3.8, 4) is 0 Å². The van der Waals surface area contributed by atoms with Crippen molar-refractivity contribution in [1.82, 2.24) is 4.98 Å². The first-order valence-corrected chi connectivity index (χ1v) is 4.26. The van der Waals surface area contributed by atoms with Gasteiger partial charge in [-0.2, -0.15) is 0 Å². The summed E-state index contributed by atoms with van der Waals surface area (Å²) >= 11 is 0. The minimum absolute atomic E-state index is 0. The summed E-state index contributed by atoms with van der Waals surface area (Å²) in [6.07, 6.45) is 3.41. The molecule has 0 aliphatic rings. The van der Waals surface area contributed by atoms with Crippen LogP contribution >= 0.6 is 0 Å². The molecule has 1 N–H and O–H groups in total. The van der Waals surface area contributed by atoms with Crippen LogP contribution in [0, 0.1) is 0 Å². The molecule has 1 aromatic heterocycles. The highest BCUT2D eigenvalue weighted by atomic mass is 19.1. The van der Waals surface area contributed by atoms with E-state index in [1.165, 1.54) is 0 Å². The molecule has 0 aromatic carbocycles. The Balaban J connectivity index is 0.00000169. The van der Waals surface area contributed by atoms with E-state index < -0.39 is 5.83 Å². The summed E-state index contributed by atoms with van der Waals surface area (Å²) in [5, 5.41) is 0. The summed E-state index contributed by atoms with van der Waals surface area (Å²) in [5.41, 5.74) is 2.21. The average molecular weight is 181 g/mol. The second-order valence-electron chi connectivity index (χ2n) is 3.30. The molecule has 0 aliphatic carbocycles. The Hall–Kier alpha value is -1.31. The molecule has 0 fully saturated rings. The van der Waals surface area contributed by atoms with Crippen LogP contribution in [-0.2, 0) is 0 Å². The number of hydrogen-bond donors (Lipinski definition) is 1. The van der Waals surface area contributed by atoms with Gasteiger partial charge in [0.25, 0.3) is 0 Å². The predicted octanol–water partition coefficient (Wildman–Crippen LogP) is 3.97. The van der Waals surface area contributed by atoms with E-state index in [1.54, 1.807) is 6.08 Å². The summed E-state index contributed by atoms with van der Waals surface area (Å²) in [6.45, 7) is 11.0. The van der Waals surface area contributed by atoms with Crippen molar-refractivity contribution in [2.45, 2.75) is 19.8 Å². The van der Waals surface area contributed by atoms with E-state index in [1.807, 2.05) is 20.0 Å². The number of aromatic nitrogens is 1. The monoisotopic (exact) mass is 181 g/mol. The lowest BCUT2D eigenvalue weighted by Gasteiger charge is -2.05. The Morgan fingerprint density at radius 3 is 2.69 bits per heavy atom. The van der Waals surface area contributed by atoms with Crippen molar-refractivity contribution in [3.05, 3.63) is 36.2 Å². The molecule has 2 heteroatoms. The Morgan fingerprint density at radius 2 is 2.31 bits per heavy atom. The maximum absolute atomic E-state index is 13.1. The van der Waals surface area contributed by atoms with Gasteiger partial charge in [-0.05, 0) is 17.6 Å². The highest BCUT2D eigenvalue weighted by molar-refractivity contribution is 5.70. The molecule has 0 aliphatic heterocycles. The number of halogens is 1. The molecule has 0 spiro atoms. The summed E-state index contributed by atoms with van der Waals surface area (Å²) in [7, 11) is 0. The summed E-state index contributed by atoms with van der Waals surface area (Å²) in [5.74, 6) is -0.118. The van der Waals surface area contributed by atoms with E-state index in [4.69, 9.17) is 0 Å². The lowest BCUT2D eigenvalue weighted by Crippen LogP contribution is -1.89. The first kappa shape index (κ1) is 9.78. The van der Waals surface area contributed by atoms with Gasteiger partial charge in [0.2, 0.25) is 0 Å². The largest absolute Gasteiger partial charge is 0.361 e. The number of H-pyrrole nitrogens is 1. The van der Waals surface area contributed by atoms with Crippen LogP contribution in [0.3, 0.4) is 0 Å². The molecule has 13 heavy (non-hydrogen) atoms. The fourth-order valence-corrected chi connectivity index (χ4v) is 1.37. The molecule has 1 nitrogen and oxygen atoms in total. The first-order valence-electron chi connectivity index (χ1n) is 4.26. The van der Waals surface area contributed by atoms with Gasteiger partial charge >= 0.3 is 0 Å². The van der Waals surface area contributed by atoms with E-state index in [0.29, 0.717) is 11.3 Å². The molecular formula is C11H16FN. The van der Waals surface area contributed by atoms with Crippen LogP contribution in [0.2, 0.25) is 0 Å². The summed E-state index contributed by atoms with van der Waals surface area (Å²) in [4.78, 5) is 2.97. The molecule has 0 radical (unpaired) electrons. The Morgan fingerprint density at radius 1 is 1.69 bits per heavy atom. The van der Waals surface area contributed by atoms with Crippen molar-refractivity contribution in [3.63, 3.8) is 0 Å². The molecule has 0 atom stereocenters. The van der Waals surface area contributed by atoms with E-state index in [9.17, 15) is 4.39 Å². The highest BCUT2D eigenvalue weighted by Gasteiger charge is 2.14. The van der Waals surface area contributed by atoms with E-state index in [0.717, 1.165) is 5.56 Å². The van der Waals surface area contributed by atoms with E-state index >= 15 is 0 Å². The molecule has 0 unspecified atom stereocenters. The zero-order chi connectivity index (χ0) is 10.0. The quantitative estimate of drug-likeness (QED) is 0.726. The minimum atomic E-state index is -0.403. The molecule has 0 amide bonds. The number of aromatic amines is 1. The molecule has 72 valence electrons. The molecule has 1 aromatic rings. The molecule has 1 rings (SSSR count). The first-order chi connectivity index (χ1) is 6.07. The Bertz CT molecular complexity index is 339. The zero-order valence-electron chi connectivity index (χ0n) is 8.02. The van der Waals surface area contributed by atoms with Crippen LogP contribution in [0.25, 0.3) is 11.9 Å². The second kappa shape index (κ2) is 3.60. The van der Waals surface area contributed by atoms with Gasteiger partial charge in [-0.25, -0.2) is 4.39 Å². The van der Waals surface area contributed by atoms with Crippen molar-refractivity contribution >= 4 is 11.9 Å². The SMILES string of the molecule is C=Cc1[nH]cc(C(C)C)c1C(=C)F.[HH]. The molecule has 1 heterocycles. The minimum Gasteiger partial charge on any atom is -0.361 e. The third kappa shape index (κ3) is 1.72. The van der Waals surface area contributed by atoms with Gasteiger partial charge < -0.3 is 4.98 Å². The third-order valence-corrected chi connectivity index (χ3v) is 2.04. The van der Waals surface area contributed by atoms with Crippen LogP contribution < -0.4 is 0 Å². The van der Waals surface area contributed by atoms with Crippen LogP contribution in [0.1, 0.15) is 38.0 Å². The fourth-order valence-electron chi connectivity index (χ4n) is 1.37. The second-order valence-corrected chi connectivity index (χ2v) is 3.30. The zero-order valence-corrected chi connectivity index (χ0v) is 8.02. The Labute approximate surface area is 79.5 Å². The van der Waals surface area contributed by atoms with Gasteiger partial charge in [-0.1, -0.05) is 27.0 Å². The van der Waals surface area contributed by atoms with Crippen LogP contribution in [0.5, 0.6) is 0 Å². The van der Waals surface area contributed by atoms with Gasteiger partial charge in [0.15, 0.2) is 0 Å². The van der Waals surface area contributed by atoms with Gasteiger partial charge in [-0.3, -0.25) is 0 Å². The number of hydrogen-bond acceptors (Lipinski definition) is 0. The van der Waals surface area contributed by atoms with Crippen LogP contribution in [0.15, 0.2) is 19.4 Å². The smallest absolute Gasteiger partial charge is 0.125 e. The van der Waals surface area contributed by atoms with Crippen molar-refractivity contribution < 1.29 is 5.82 Å². The van der Waals surface area contributed by atoms with Gasteiger partial charge in [0.1, 0.15) is 5.83 Å². The third-order valence-electron chi connectivity index (χ3n) is 2.04. The van der Waals surface area contributed by atoms with E-state index in [2.05, 4.69) is 18.1 Å². The fraction of sp³-hybridized carbons (Fsp3) is 0.273. The van der Waals surface area contributed by atoms with Crippen molar-refractivity contribution in [2.75, 3.05) is 0 Å². The maximum atomic E-state index is 13.1. The molecular weight excluding hydrogens is 165 g/mol. The van der Waals surface area contributed by atoms with Crippen LogP contribution in [0.4, 0.5) is 4.39 Å². The maximum Gasteiger partial charge on any atom is 0.125 e. The normalized spacial score (nSPS) is 10.5. The Kier molecular flexibility index (Phi) is 2.71. The predicted molar refractivity (Wildman–Crippen MR) is 57.2 cm³/mol. The lowest BCUT2D eigenvalue weighted by atomic mass is 10.00. The summed E-state index contributed by atoms with van der Waals surface area (Å²) in [6, 6.07) is 0. The van der Waals surface area contributed by atoms with E-state index in [-0.39, 0.29) is 7.34 Å². The van der Waals surface area contributed by atoms with Gasteiger partial charge in [-0.15, -0.1) is 0 Å². The molecule has 0 saturated carbocycles. The van der Waals surface area contributed by atoms with Crippen LogP contribution in [-0.4, -0.2) is 4.98 Å².